The molecule has 5 N–H and O–H groups in total. The van der Waals surface area contributed by atoms with Gasteiger partial charge in [-0.15, -0.1) is 0 Å². The summed E-state index contributed by atoms with van der Waals surface area (Å²) in [6.07, 6.45) is 0.378. The van der Waals surface area contributed by atoms with Gasteiger partial charge < -0.3 is 21.7 Å². The summed E-state index contributed by atoms with van der Waals surface area (Å²) in [6, 6.07) is 5.04. The number of hydrogen-bond donors (Lipinski definition) is 3. The van der Waals surface area contributed by atoms with Gasteiger partial charge in [0.1, 0.15) is 0 Å². The van der Waals surface area contributed by atoms with Crippen molar-refractivity contribution in [2.75, 3.05) is 31.3 Å². The SMILES string of the molecule is CNC(=O)CCN(C)c1ccc(N)c(C(N)=O)c1. The van der Waals surface area contributed by atoms with Crippen LogP contribution in [-0.2, 0) is 4.79 Å². The molecule has 0 bridgehead atoms. The number of nitrogens with two attached hydrogens (primary N) is 2. The van der Waals surface area contributed by atoms with Gasteiger partial charge in [-0.3, -0.25) is 9.59 Å². The largest absolute Gasteiger partial charge is 0.398 e. The molecule has 98 valence electrons. The van der Waals surface area contributed by atoms with Gasteiger partial charge in [-0.1, -0.05) is 0 Å². The van der Waals surface area contributed by atoms with Gasteiger partial charge in [-0.05, 0) is 18.2 Å². The molecule has 1 aromatic carbocycles. The number of primary amides is 1. The predicted octanol–water partition coefficient (Wildman–Crippen LogP) is -0.0600. The number of anilines is 2. The highest BCUT2D eigenvalue weighted by Crippen LogP contribution is 2.20. The zero-order valence-corrected chi connectivity index (χ0v) is 10.6. The van der Waals surface area contributed by atoms with Crippen LogP contribution in [0.5, 0.6) is 0 Å². The van der Waals surface area contributed by atoms with Gasteiger partial charge in [0.15, 0.2) is 0 Å². The number of nitrogens with zero attached hydrogens (tertiary/aromatic N) is 1. The van der Waals surface area contributed by atoms with Crippen molar-refractivity contribution in [3.63, 3.8) is 0 Å². The molecule has 6 heteroatoms. The summed E-state index contributed by atoms with van der Waals surface area (Å²) < 4.78 is 0. The van der Waals surface area contributed by atoms with E-state index in [9.17, 15) is 9.59 Å². The van der Waals surface area contributed by atoms with Crippen molar-refractivity contribution < 1.29 is 9.59 Å². The summed E-state index contributed by atoms with van der Waals surface area (Å²) in [7, 11) is 3.43. The van der Waals surface area contributed by atoms with Gasteiger partial charge in [-0.2, -0.15) is 0 Å². The molecule has 0 saturated carbocycles. The molecule has 2 amide bonds. The number of rotatable bonds is 5. The van der Waals surface area contributed by atoms with Crippen molar-refractivity contribution in [2.24, 2.45) is 5.73 Å². The van der Waals surface area contributed by atoms with Crippen LogP contribution >= 0.6 is 0 Å². The lowest BCUT2D eigenvalue weighted by Crippen LogP contribution is -2.26. The maximum atomic E-state index is 11.2. The molecule has 1 aromatic rings. The Labute approximate surface area is 106 Å². The van der Waals surface area contributed by atoms with Crippen molar-refractivity contribution >= 4 is 23.2 Å². The van der Waals surface area contributed by atoms with Crippen molar-refractivity contribution in [3.05, 3.63) is 23.8 Å². The summed E-state index contributed by atoms with van der Waals surface area (Å²) in [5.41, 5.74) is 12.3. The number of nitrogen functional groups attached to an aromatic ring is 1. The van der Waals surface area contributed by atoms with Crippen LogP contribution in [-0.4, -0.2) is 32.5 Å². The van der Waals surface area contributed by atoms with Crippen LogP contribution in [0.2, 0.25) is 0 Å². The van der Waals surface area contributed by atoms with E-state index in [0.29, 0.717) is 24.2 Å². The maximum Gasteiger partial charge on any atom is 0.250 e. The van der Waals surface area contributed by atoms with E-state index in [1.165, 1.54) is 0 Å². The van der Waals surface area contributed by atoms with Crippen molar-refractivity contribution in [1.29, 1.82) is 0 Å². The van der Waals surface area contributed by atoms with E-state index in [2.05, 4.69) is 5.32 Å². The van der Waals surface area contributed by atoms with Gasteiger partial charge in [0.05, 0.1) is 5.56 Å². The molecule has 0 unspecified atom stereocenters. The van der Waals surface area contributed by atoms with Gasteiger partial charge in [-0.25, -0.2) is 0 Å². The van der Waals surface area contributed by atoms with Crippen LogP contribution in [0.1, 0.15) is 16.8 Å². The Morgan fingerprint density at radius 1 is 1.39 bits per heavy atom. The van der Waals surface area contributed by atoms with Crippen LogP contribution in [0.15, 0.2) is 18.2 Å². The van der Waals surface area contributed by atoms with E-state index < -0.39 is 5.91 Å². The minimum absolute atomic E-state index is 0.0348. The molecule has 0 aliphatic rings. The van der Waals surface area contributed by atoms with Gasteiger partial charge in [0.25, 0.3) is 5.91 Å². The second kappa shape index (κ2) is 5.90. The topological polar surface area (TPSA) is 101 Å². The molecule has 0 spiro atoms. The zero-order valence-electron chi connectivity index (χ0n) is 10.6. The molecule has 0 fully saturated rings. The fourth-order valence-corrected chi connectivity index (χ4v) is 1.52. The molecule has 6 nitrogen and oxygen atoms in total. The van der Waals surface area contributed by atoms with Gasteiger partial charge >= 0.3 is 0 Å². The van der Waals surface area contributed by atoms with E-state index in [1.807, 2.05) is 11.9 Å². The minimum atomic E-state index is -0.561. The number of hydrogen-bond acceptors (Lipinski definition) is 4. The Morgan fingerprint density at radius 2 is 2.06 bits per heavy atom. The molecule has 18 heavy (non-hydrogen) atoms. The average molecular weight is 250 g/mol. The molecule has 0 atom stereocenters. The number of nitrogens with one attached hydrogen (secondary N) is 1. The number of amides is 2. The molecular weight excluding hydrogens is 232 g/mol. The first-order valence-electron chi connectivity index (χ1n) is 5.56. The fourth-order valence-electron chi connectivity index (χ4n) is 1.52. The number of carbonyl (C=O) groups is 2. The first-order valence-corrected chi connectivity index (χ1v) is 5.56. The van der Waals surface area contributed by atoms with E-state index in [1.54, 1.807) is 25.2 Å². The Kier molecular flexibility index (Phi) is 4.53. The fraction of sp³-hybridized carbons (Fsp3) is 0.333. The number of carbonyl (C=O) groups excluding carboxylic acids is 2. The lowest BCUT2D eigenvalue weighted by Gasteiger charge is -2.19. The van der Waals surface area contributed by atoms with Crippen LogP contribution < -0.4 is 21.7 Å². The summed E-state index contributed by atoms with van der Waals surface area (Å²) in [6.45, 7) is 0.543. The molecule has 0 aliphatic carbocycles. The standard InChI is InChI=1S/C12H18N4O2/c1-15-11(17)5-6-16(2)8-3-4-10(13)9(7-8)12(14)18/h3-4,7H,5-6,13H2,1-2H3,(H2,14,18)(H,15,17). The molecular formula is C12H18N4O2. The van der Waals surface area contributed by atoms with E-state index >= 15 is 0 Å². The normalized spacial score (nSPS) is 9.89. The monoisotopic (exact) mass is 250 g/mol. The summed E-state index contributed by atoms with van der Waals surface area (Å²) in [4.78, 5) is 24.2. The molecule has 0 saturated heterocycles. The number of benzene rings is 1. The molecule has 0 aromatic heterocycles. The molecule has 0 heterocycles. The zero-order chi connectivity index (χ0) is 13.7. The van der Waals surface area contributed by atoms with Crippen LogP contribution in [0.4, 0.5) is 11.4 Å². The van der Waals surface area contributed by atoms with Gasteiger partial charge in [0, 0.05) is 38.4 Å². The van der Waals surface area contributed by atoms with Crippen molar-refractivity contribution in [1.82, 2.24) is 5.32 Å². The smallest absolute Gasteiger partial charge is 0.250 e. The summed E-state index contributed by atoms with van der Waals surface area (Å²) in [5, 5.41) is 2.55. The second-order valence-corrected chi connectivity index (χ2v) is 3.98. The molecule has 1 rings (SSSR count). The van der Waals surface area contributed by atoms with Crippen molar-refractivity contribution in [3.8, 4) is 0 Å². The third-order valence-corrected chi connectivity index (χ3v) is 2.70. The van der Waals surface area contributed by atoms with E-state index in [4.69, 9.17) is 11.5 Å². The van der Waals surface area contributed by atoms with E-state index in [-0.39, 0.29) is 5.91 Å². The highest BCUT2D eigenvalue weighted by Gasteiger charge is 2.10. The summed E-state index contributed by atoms with van der Waals surface area (Å²) >= 11 is 0. The first kappa shape index (κ1) is 13.8. The lowest BCUT2D eigenvalue weighted by molar-refractivity contribution is -0.120. The molecule has 0 aliphatic heterocycles. The van der Waals surface area contributed by atoms with E-state index in [0.717, 1.165) is 5.69 Å². The van der Waals surface area contributed by atoms with Crippen LogP contribution in [0.3, 0.4) is 0 Å². The van der Waals surface area contributed by atoms with Crippen LogP contribution in [0, 0.1) is 0 Å². The molecule has 0 radical (unpaired) electrons. The average Bonchev–Trinajstić information content (AvgIpc) is 2.35. The Balaban J connectivity index is 2.80. The second-order valence-electron chi connectivity index (χ2n) is 3.98. The Morgan fingerprint density at radius 3 is 2.61 bits per heavy atom. The minimum Gasteiger partial charge on any atom is -0.398 e. The predicted molar refractivity (Wildman–Crippen MR) is 71.3 cm³/mol. The highest BCUT2D eigenvalue weighted by atomic mass is 16.1. The third-order valence-electron chi connectivity index (χ3n) is 2.70. The van der Waals surface area contributed by atoms with Crippen molar-refractivity contribution in [2.45, 2.75) is 6.42 Å². The Hall–Kier alpha value is -2.24. The Bertz CT molecular complexity index is 459. The quantitative estimate of drug-likeness (QED) is 0.637. The lowest BCUT2D eigenvalue weighted by atomic mass is 10.1. The highest BCUT2D eigenvalue weighted by molar-refractivity contribution is 5.99. The summed E-state index contributed by atoms with van der Waals surface area (Å²) in [5.74, 6) is -0.596. The van der Waals surface area contributed by atoms with Crippen LogP contribution in [0.25, 0.3) is 0 Å². The van der Waals surface area contributed by atoms with Gasteiger partial charge in [0.2, 0.25) is 5.91 Å². The third kappa shape index (κ3) is 3.38. The maximum absolute atomic E-state index is 11.2. The first-order chi connectivity index (χ1) is 8.45.